The predicted octanol–water partition coefficient (Wildman–Crippen LogP) is 5.71. The van der Waals surface area contributed by atoms with Crippen LogP contribution in [0.5, 0.6) is 6.01 Å². The average molecular weight is 379 g/mol. The van der Waals surface area contributed by atoms with Crippen molar-refractivity contribution >= 4 is 11.5 Å². The smallest absolute Gasteiger partial charge is 0.421 e. The Morgan fingerprint density at radius 1 is 1.15 bits per heavy atom. The van der Waals surface area contributed by atoms with Gasteiger partial charge in [-0.2, -0.15) is 18.2 Å². The van der Waals surface area contributed by atoms with Gasteiger partial charge in [0.05, 0.1) is 6.61 Å². The van der Waals surface area contributed by atoms with Crippen LogP contribution in [-0.4, -0.2) is 23.6 Å². The monoisotopic (exact) mass is 379 g/mol. The normalized spacial score (nSPS) is 15.1. The van der Waals surface area contributed by atoms with E-state index in [9.17, 15) is 13.2 Å². The Bertz CT molecular complexity index is 756. The Kier molecular flexibility index (Phi) is 5.87. The highest BCUT2D eigenvalue weighted by Crippen LogP contribution is 2.39. The Labute approximate surface area is 157 Å². The number of hydrogen-bond acceptors (Lipinski definition) is 4. The van der Waals surface area contributed by atoms with Crippen molar-refractivity contribution in [1.82, 2.24) is 9.97 Å². The van der Waals surface area contributed by atoms with Crippen LogP contribution in [-0.2, 0) is 6.18 Å². The Balaban J connectivity index is 1.90. The minimum atomic E-state index is -4.54. The molecule has 0 aliphatic heterocycles. The third-order valence-electron chi connectivity index (χ3n) is 4.91. The number of halogens is 3. The van der Waals surface area contributed by atoms with Crippen molar-refractivity contribution in [1.29, 1.82) is 0 Å². The van der Waals surface area contributed by atoms with Crippen molar-refractivity contribution < 1.29 is 17.9 Å². The van der Waals surface area contributed by atoms with Gasteiger partial charge in [-0.15, -0.1) is 0 Å². The van der Waals surface area contributed by atoms with Crippen LogP contribution in [0.15, 0.2) is 30.5 Å². The zero-order chi connectivity index (χ0) is 19.4. The minimum Gasteiger partial charge on any atom is -0.463 e. The Hall–Kier alpha value is -2.31. The maximum Gasteiger partial charge on any atom is 0.421 e. The van der Waals surface area contributed by atoms with Crippen molar-refractivity contribution in [3.63, 3.8) is 0 Å². The lowest BCUT2D eigenvalue weighted by Crippen LogP contribution is -2.19. The lowest BCUT2D eigenvalue weighted by Gasteiger charge is -2.23. The highest BCUT2D eigenvalue weighted by atomic mass is 19.4. The number of rotatable bonds is 6. The van der Waals surface area contributed by atoms with Crippen LogP contribution in [0.3, 0.4) is 0 Å². The molecule has 4 nitrogen and oxygen atoms in total. The van der Waals surface area contributed by atoms with Gasteiger partial charge < -0.3 is 9.64 Å². The molecule has 0 saturated heterocycles. The van der Waals surface area contributed by atoms with E-state index in [1.165, 1.54) is 36.1 Å². The molecule has 1 aromatic carbocycles. The summed E-state index contributed by atoms with van der Waals surface area (Å²) >= 11 is 0. The van der Waals surface area contributed by atoms with Gasteiger partial charge in [-0.1, -0.05) is 31.9 Å². The zero-order valence-electron chi connectivity index (χ0n) is 15.6. The number of nitrogens with zero attached hydrogens (tertiary/aromatic N) is 3. The molecule has 146 valence electrons. The van der Waals surface area contributed by atoms with E-state index in [2.05, 4.69) is 9.97 Å². The first-order chi connectivity index (χ1) is 12.9. The van der Waals surface area contributed by atoms with E-state index in [-0.39, 0.29) is 11.8 Å². The maximum absolute atomic E-state index is 13.4. The number of anilines is 2. The molecule has 0 unspecified atom stereocenters. The van der Waals surface area contributed by atoms with E-state index in [0.717, 1.165) is 12.6 Å². The van der Waals surface area contributed by atoms with Crippen molar-refractivity contribution in [3.8, 4) is 6.01 Å². The summed E-state index contributed by atoms with van der Waals surface area (Å²) in [5.74, 6) is 0.348. The molecule has 1 fully saturated rings. The van der Waals surface area contributed by atoms with E-state index < -0.39 is 11.7 Å². The van der Waals surface area contributed by atoms with Gasteiger partial charge >= 0.3 is 12.2 Å². The summed E-state index contributed by atoms with van der Waals surface area (Å²) in [6, 6.07) is 7.66. The number of benzene rings is 1. The van der Waals surface area contributed by atoms with Crippen molar-refractivity contribution in [2.75, 3.05) is 18.6 Å². The molecular weight excluding hydrogens is 355 g/mol. The van der Waals surface area contributed by atoms with E-state index >= 15 is 0 Å². The minimum absolute atomic E-state index is 0.0470. The first kappa shape index (κ1) is 19.5. The van der Waals surface area contributed by atoms with Crippen molar-refractivity contribution in [2.24, 2.45) is 0 Å². The average Bonchev–Trinajstić information content (AvgIpc) is 3.19. The van der Waals surface area contributed by atoms with E-state index in [0.29, 0.717) is 18.2 Å². The molecule has 0 amide bonds. The van der Waals surface area contributed by atoms with Crippen molar-refractivity contribution in [3.05, 3.63) is 41.6 Å². The molecule has 27 heavy (non-hydrogen) atoms. The molecule has 0 spiro atoms. The fourth-order valence-corrected chi connectivity index (χ4v) is 3.43. The molecule has 1 aliphatic rings. The fraction of sp³-hybridized carbons (Fsp3) is 0.500. The highest BCUT2D eigenvalue weighted by molar-refractivity contribution is 5.63. The van der Waals surface area contributed by atoms with Gasteiger partial charge in [0.2, 0.25) is 0 Å². The van der Waals surface area contributed by atoms with Gasteiger partial charge in [-0.25, -0.2) is 4.98 Å². The van der Waals surface area contributed by atoms with Crippen LogP contribution in [0.4, 0.5) is 24.7 Å². The second kappa shape index (κ2) is 8.15. The quantitative estimate of drug-likeness (QED) is 0.644. The number of aromatic nitrogens is 2. The summed E-state index contributed by atoms with van der Waals surface area (Å²) in [6.45, 7) is 2.26. The van der Waals surface area contributed by atoms with Crippen LogP contribution in [0.1, 0.15) is 56.1 Å². The van der Waals surface area contributed by atoms with Crippen molar-refractivity contribution in [2.45, 2.75) is 51.1 Å². The van der Waals surface area contributed by atoms with Crippen LogP contribution in [0.25, 0.3) is 0 Å². The van der Waals surface area contributed by atoms with E-state index in [1.54, 1.807) is 7.05 Å². The first-order valence-electron chi connectivity index (χ1n) is 9.31. The topological polar surface area (TPSA) is 38.2 Å². The van der Waals surface area contributed by atoms with Gasteiger partial charge in [0, 0.05) is 18.9 Å². The van der Waals surface area contributed by atoms with Gasteiger partial charge in [-0.3, -0.25) is 0 Å². The number of ether oxygens (including phenoxy) is 1. The molecule has 1 aromatic heterocycles. The fourth-order valence-electron chi connectivity index (χ4n) is 3.43. The summed E-state index contributed by atoms with van der Waals surface area (Å²) in [6.07, 6.45) is 1.80. The highest BCUT2D eigenvalue weighted by Gasteiger charge is 2.36. The van der Waals surface area contributed by atoms with Crippen LogP contribution in [0, 0.1) is 0 Å². The molecule has 1 aliphatic carbocycles. The molecular formula is C20H24F3N3O. The summed E-state index contributed by atoms with van der Waals surface area (Å²) < 4.78 is 45.6. The van der Waals surface area contributed by atoms with Gasteiger partial charge in [0.15, 0.2) is 5.82 Å². The number of alkyl halides is 3. The first-order valence-corrected chi connectivity index (χ1v) is 9.31. The van der Waals surface area contributed by atoms with Crippen LogP contribution < -0.4 is 9.64 Å². The van der Waals surface area contributed by atoms with Crippen LogP contribution >= 0.6 is 0 Å². The van der Waals surface area contributed by atoms with E-state index in [1.807, 2.05) is 31.2 Å². The predicted molar refractivity (Wildman–Crippen MR) is 98.5 cm³/mol. The third kappa shape index (κ3) is 4.51. The second-order valence-corrected chi connectivity index (χ2v) is 6.87. The molecule has 3 rings (SSSR count). The Morgan fingerprint density at radius 2 is 1.81 bits per heavy atom. The van der Waals surface area contributed by atoms with Gasteiger partial charge in [-0.05, 0) is 42.9 Å². The molecule has 0 atom stereocenters. The summed E-state index contributed by atoms with van der Waals surface area (Å²) in [4.78, 5) is 9.16. The molecule has 0 radical (unpaired) electrons. The molecule has 1 saturated carbocycles. The zero-order valence-corrected chi connectivity index (χ0v) is 15.6. The molecule has 7 heteroatoms. The Morgan fingerprint density at radius 3 is 2.41 bits per heavy atom. The lowest BCUT2D eigenvalue weighted by atomic mass is 9.97. The molecule has 1 heterocycles. The SMILES string of the molecule is CCCOc1ncc(C(F)(F)F)c(N(C)c2ccc(C3CCCC3)cc2)n1. The maximum atomic E-state index is 13.4. The van der Waals surface area contributed by atoms with Crippen LogP contribution in [0.2, 0.25) is 0 Å². The summed E-state index contributed by atoms with van der Waals surface area (Å²) in [5, 5.41) is 0. The summed E-state index contributed by atoms with van der Waals surface area (Å²) in [7, 11) is 1.58. The molecule has 0 N–H and O–H groups in total. The van der Waals surface area contributed by atoms with Gasteiger partial charge in [0.25, 0.3) is 0 Å². The lowest BCUT2D eigenvalue weighted by molar-refractivity contribution is -0.137. The van der Waals surface area contributed by atoms with Gasteiger partial charge in [0.1, 0.15) is 5.56 Å². The standard InChI is InChI=1S/C20H24F3N3O/c1-3-12-27-19-24-13-17(20(21,22)23)18(25-19)26(2)16-10-8-15(9-11-16)14-6-4-5-7-14/h8-11,13-14H,3-7,12H2,1-2H3. The molecule has 0 bridgehead atoms. The second-order valence-electron chi connectivity index (χ2n) is 6.87. The third-order valence-corrected chi connectivity index (χ3v) is 4.91. The number of hydrogen-bond donors (Lipinski definition) is 0. The largest absolute Gasteiger partial charge is 0.463 e. The van der Waals surface area contributed by atoms with E-state index in [4.69, 9.17) is 4.74 Å². The molecule has 2 aromatic rings. The summed E-state index contributed by atoms with van der Waals surface area (Å²) in [5.41, 5.74) is 1.01.